The molecule has 0 N–H and O–H groups in total. The molecule has 3 aromatic rings. The summed E-state index contributed by atoms with van der Waals surface area (Å²) in [5.41, 5.74) is 3.90. The number of benzene rings is 2. The molecule has 2 aromatic carbocycles. The van der Waals surface area contributed by atoms with E-state index in [1.165, 1.54) is 5.56 Å². The van der Waals surface area contributed by atoms with Crippen LogP contribution in [0.3, 0.4) is 0 Å². The monoisotopic (exact) mass is 404 g/mol. The van der Waals surface area contributed by atoms with E-state index in [9.17, 15) is 9.59 Å². The van der Waals surface area contributed by atoms with Gasteiger partial charge in [-0.3, -0.25) is 9.59 Å². The summed E-state index contributed by atoms with van der Waals surface area (Å²) in [6.07, 6.45) is 2.51. The van der Waals surface area contributed by atoms with Gasteiger partial charge in [0, 0.05) is 17.8 Å². The number of para-hydroxylation sites is 1. The first-order valence-corrected chi connectivity index (χ1v) is 10.7. The quantitative estimate of drug-likeness (QED) is 0.652. The third-order valence-electron chi connectivity index (χ3n) is 5.45. The Balaban J connectivity index is 1.35. The number of rotatable bonds is 4. The molecule has 2 aliphatic rings. The van der Waals surface area contributed by atoms with Gasteiger partial charge in [-0.15, -0.1) is 11.8 Å². The minimum Gasteiger partial charge on any atom is -0.467 e. The van der Waals surface area contributed by atoms with Crippen molar-refractivity contribution < 1.29 is 14.0 Å². The van der Waals surface area contributed by atoms with Gasteiger partial charge in [0.05, 0.1) is 18.6 Å². The molecule has 5 nitrogen and oxygen atoms in total. The van der Waals surface area contributed by atoms with Gasteiger partial charge in [0.15, 0.2) is 0 Å². The first-order chi connectivity index (χ1) is 14.2. The molecule has 2 aliphatic heterocycles. The lowest BCUT2D eigenvalue weighted by Crippen LogP contribution is -2.29. The van der Waals surface area contributed by atoms with E-state index in [0.29, 0.717) is 24.4 Å². The largest absolute Gasteiger partial charge is 0.467 e. The van der Waals surface area contributed by atoms with E-state index in [1.807, 2.05) is 64.4 Å². The van der Waals surface area contributed by atoms with Gasteiger partial charge in [0.1, 0.15) is 11.1 Å². The van der Waals surface area contributed by atoms with Crippen molar-refractivity contribution in [3.05, 3.63) is 89.4 Å². The lowest BCUT2D eigenvalue weighted by atomic mass is 10.1. The van der Waals surface area contributed by atoms with Gasteiger partial charge in [-0.05, 0) is 47.9 Å². The van der Waals surface area contributed by atoms with Crippen LogP contribution in [0.4, 0.5) is 5.69 Å². The van der Waals surface area contributed by atoms with Crippen LogP contribution in [-0.4, -0.2) is 29.0 Å². The zero-order valence-corrected chi connectivity index (χ0v) is 16.6. The van der Waals surface area contributed by atoms with Gasteiger partial charge < -0.3 is 14.2 Å². The van der Waals surface area contributed by atoms with E-state index >= 15 is 0 Å². The van der Waals surface area contributed by atoms with E-state index in [1.54, 1.807) is 18.0 Å². The highest BCUT2D eigenvalue weighted by Crippen LogP contribution is 2.39. The predicted octanol–water partition coefficient (Wildman–Crippen LogP) is 4.26. The molecule has 1 atom stereocenters. The van der Waals surface area contributed by atoms with Gasteiger partial charge >= 0.3 is 0 Å². The van der Waals surface area contributed by atoms with Crippen molar-refractivity contribution in [2.75, 3.05) is 17.2 Å². The zero-order chi connectivity index (χ0) is 19.8. The van der Waals surface area contributed by atoms with Crippen LogP contribution in [0.15, 0.2) is 71.3 Å². The van der Waals surface area contributed by atoms with Gasteiger partial charge in [-0.1, -0.05) is 30.3 Å². The second-order valence-electron chi connectivity index (χ2n) is 7.22. The number of thioether (sulfide) groups is 1. The number of hydrogen-bond donors (Lipinski definition) is 0. The van der Waals surface area contributed by atoms with E-state index < -0.39 is 0 Å². The van der Waals surface area contributed by atoms with Crippen LogP contribution in [-0.2, 0) is 17.8 Å². The maximum Gasteiger partial charge on any atom is 0.258 e. The number of carbonyl (C=O) groups excluding carboxylic acids is 2. The molecule has 0 saturated carbocycles. The Hall–Kier alpha value is -2.99. The van der Waals surface area contributed by atoms with Crippen LogP contribution in [0.5, 0.6) is 0 Å². The number of anilines is 1. The average molecular weight is 404 g/mol. The van der Waals surface area contributed by atoms with Crippen LogP contribution in [0.1, 0.15) is 32.6 Å². The first kappa shape index (κ1) is 18.1. The number of furan rings is 1. The summed E-state index contributed by atoms with van der Waals surface area (Å²) in [6.45, 7) is 1.17. The Labute approximate surface area is 173 Å². The smallest absolute Gasteiger partial charge is 0.258 e. The Morgan fingerprint density at radius 3 is 2.69 bits per heavy atom. The van der Waals surface area contributed by atoms with Crippen molar-refractivity contribution >= 4 is 29.3 Å². The fourth-order valence-corrected chi connectivity index (χ4v) is 5.15. The Kier molecular flexibility index (Phi) is 4.64. The molecule has 0 spiro atoms. The topological polar surface area (TPSA) is 53.8 Å². The standard InChI is InChI=1S/C23H20N2O3S/c26-21-15-29-23(25(21)14-19-5-3-13-28-19)18-9-7-17(8-10-18)22(27)24-12-11-16-4-1-2-6-20(16)24/h1-10,13,23H,11-12,14-15H2/t23-/m0/s1. The maximum atomic E-state index is 13.0. The molecule has 146 valence electrons. The van der Waals surface area contributed by atoms with Crippen LogP contribution in [0, 0.1) is 0 Å². The number of carbonyl (C=O) groups is 2. The number of hydrogen-bond acceptors (Lipinski definition) is 4. The summed E-state index contributed by atoms with van der Waals surface area (Å²) in [6, 6.07) is 19.4. The summed E-state index contributed by atoms with van der Waals surface area (Å²) in [4.78, 5) is 29.0. The Bertz CT molecular complexity index is 1050. The van der Waals surface area contributed by atoms with Crippen LogP contribution in [0.2, 0.25) is 0 Å². The number of fused-ring (bicyclic) bond motifs is 1. The molecule has 0 radical (unpaired) electrons. The molecule has 0 bridgehead atoms. The summed E-state index contributed by atoms with van der Waals surface area (Å²) in [5.74, 6) is 1.34. The summed E-state index contributed by atoms with van der Waals surface area (Å²) >= 11 is 1.60. The van der Waals surface area contributed by atoms with Crippen LogP contribution in [0.25, 0.3) is 0 Å². The molecule has 1 saturated heterocycles. The predicted molar refractivity (Wildman–Crippen MR) is 113 cm³/mol. The van der Waals surface area contributed by atoms with E-state index in [4.69, 9.17) is 4.42 Å². The number of amides is 2. The van der Waals surface area contributed by atoms with Crippen molar-refractivity contribution in [1.82, 2.24) is 4.90 Å². The second-order valence-corrected chi connectivity index (χ2v) is 8.29. The van der Waals surface area contributed by atoms with Gasteiger partial charge in [-0.25, -0.2) is 0 Å². The molecule has 1 aromatic heterocycles. The second kappa shape index (κ2) is 7.44. The van der Waals surface area contributed by atoms with E-state index in [-0.39, 0.29) is 17.2 Å². The van der Waals surface area contributed by atoms with E-state index in [2.05, 4.69) is 6.07 Å². The summed E-state index contributed by atoms with van der Waals surface area (Å²) in [5, 5.41) is -0.0655. The minimum absolute atomic E-state index is 0.0177. The Morgan fingerprint density at radius 1 is 1.07 bits per heavy atom. The molecule has 5 rings (SSSR count). The molecule has 6 heteroatoms. The third-order valence-corrected chi connectivity index (χ3v) is 6.71. The van der Waals surface area contributed by atoms with Crippen molar-refractivity contribution in [2.45, 2.75) is 18.3 Å². The average Bonchev–Trinajstić information content (AvgIpc) is 3.49. The minimum atomic E-state index is -0.0655. The maximum absolute atomic E-state index is 13.0. The zero-order valence-electron chi connectivity index (χ0n) is 15.8. The van der Waals surface area contributed by atoms with Crippen molar-refractivity contribution in [2.24, 2.45) is 0 Å². The van der Waals surface area contributed by atoms with E-state index in [0.717, 1.165) is 23.4 Å². The normalized spacial score (nSPS) is 18.3. The lowest BCUT2D eigenvalue weighted by Gasteiger charge is -2.23. The van der Waals surface area contributed by atoms with Gasteiger partial charge in [0.2, 0.25) is 5.91 Å². The molecule has 3 heterocycles. The molecular weight excluding hydrogens is 384 g/mol. The molecule has 29 heavy (non-hydrogen) atoms. The third kappa shape index (κ3) is 3.34. The van der Waals surface area contributed by atoms with Crippen molar-refractivity contribution in [3.63, 3.8) is 0 Å². The molecule has 0 unspecified atom stereocenters. The fourth-order valence-electron chi connectivity index (χ4n) is 3.97. The fraction of sp³-hybridized carbons (Fsp3) is 0.217. The highest BCUT2D eigenvalue weighted by Gasteiger charge is 2.33. The highest BCUT2D eigenvalue weighted by atomic mass is 32.2. The SMILES string of the molecule is O=C(c1ccc([C@@H]2SCC(=O)N2Cc2ccco2)cc1)N1CCc2ccccc21. The Morgan fingerprint density at radius 2 is 1.90 bits per heavy atom. The van der Waals surface area contributed by atoms with Crippen molar-refractivity contribution in [1.29, 1.82) is 0 Å². The molecular formula is C23H20N2O3S. The molecule has 1 fully saturated rings. The van der Waals surface area contributed by atoms with Crippen LogP contribution >= 0.6 is 11.8 Å². The highest BCUT2D eigenvalue weighted by molar-refractivity contribution is 8.00. The lowest BCUT2D eigenvalue weighted by molar-refractivity contribution is -0.128. The number of nitrogens with zero attached hydrogens (tertiary/aromatic N) is 2. The summed E-state index contributed by atoms with van der Waals surface area (Å²) in [7, 11) is 0. The van der Waals surface area contributed by atoms with Gasteiger partial charge in [0.25, 0.3) is 5.91 Å². The van der Waals surface area contributed by atoms with Gasteiger partial charge in [-0.2, -0.15) is 0 Å². The molecule has 2 amide bonds. The van der Waals surface area contributed by atoms with Crippen LogP contribution < -0.4 is 4.90 Å². The molecule has 0 aliphatic carbocycles. The van der Waals surface area contributed by atoms with Crippen molar-refractivity contribution in [3.8, 4) is 0 Å². The summed E-state index contributed by atoms with van der Waals surface area (Å²) < 4.78 is 5.41. The first-order valence-electron chi connectivity index (χ1n) is 9.64.